The molecule has 0 spiro atoms. The molecule has 2 aromatic carbocycles. The number of rotatable bonds is 7. The number of likely N-dealkylation sites (tertiary alicyclic amines) is 1. The standard InChI is InChI=1S/C31H39ClN4O3/c1-30(2)23-9-5-7-11-26(23)36(29(30)39)22-13-16-35(17-14-22)27(37)24(18-20-8-4-6-10-25(20)32)31(28(33)38)15-12-21(19-31)34-3/h4-11,21-22,24,34H,12-19H2,1-3H3,(H2,33,38)/t21?,24-,31?/m1/s1. The molecule has 2 unspecified atom stereocenters. The number of nitrogens with one attached hydrogen (secondary N) is 1. The van der Waals surface area contributed by atoms with Crippen LogP contribution in [0.4, 0.5) is 5.69 Å². The Balaban J connectivity index is 1.39. The van der Waals surface area contributed by atoms with Crippen molar-refractivity contribution in [2.45, 2.75) is 69.9 Å². The van der Waals surface area contributed by atoms with Crippen LogP contribution in [0.25, 0.3) is 0 Å². The summed E-state index contributed by atoms with van der Waals surface area (Å²) in [5.41, 5.74) is 7.46. The van der Waals surface area contributed by atoms with Crippen LogP contribution in [0.2, 0.25) is 5.02 Å². The van der Waals surface area contributed by atoms with Gasteiger partial charge in [-0.05, 0) is 82.7 Å². The number of nitrogens with two attached hydrogens (primary N) is 1. The summed E-state index contributed by atoms with van der Waals surface area (Å²) in [7, 11) is 1.89. The smallest absolute Gasteiger partial charge is 0.237 e. The lowest BCUT2D eigenvalue weighted by molar-refractivity contribution is -0.148. The van der Waals surface area contributed by atoms with Crippen LogP contribution in [-0.2, 0) is 26.2 Å². The first-order chi connectivity index (χ1) is 18.6. The minimum atomic E-state index is -0.936. The van der Waals surface area contributed by atoms with E-state index in [0.717, 1.165) is 23.2 Å². The summed E-state index contributed by atoms with van der Waals surface area (Å²) in [6.07, 6.45) is 3.63. The fourth-order valence-corrected chi connectivity index (χ4v) is 7.32. The summed E-state index contributed by atoms with van der Waals surface area (Å²) in [5.74, 6) is -0.945. The van der Waals surface area contributed by atoms with Crippen LogP contribution in [0.3, 0.4) is 0 Å². The summed E-state index contributed by atoms with van der Waals surface area (Å²) in [5, 5.41) is 3.87. The number of benzene rings is 2. The van der Waals surface area contributed by atoms with E-state index in [4.69, 9.17) is 17.3 Å². The Kier molecular flexibility index (Phi) is 7.51. The zero-order chi connectivity index (χ0) is 27.9. The molecule has 0 aromatic heterocycles. The van der Waals surface area contributed by atoms with Crippen molar-refractivity contribution in [2.75, 3.05) is 25.0 Å². The SMILES string of the molecule is CNC1CCC(C(N)=O)([C@H](Cc2ccccc2Cl)C(=O)N2CCC(N3C(=O)C(C)(C)c4ccccc43)CC2)C1. The minimum absolute atomic E-state index is 0.0248. The van der Waals surface area contributed by atoms with Crippen molar-refractivity contribution < 1.29 is 14.4 Å². The van der Waals surface area contributed by atoms with Crippen LogP contribution in [-0.4, -0.2) is 54.8 Å². The lowest BCUT2D eigenvalue weighted by Gasteiger charge is -2.42. The summed E-state index contributed by atoms with van der Waals surface area (Å²) < 4.78 is 0. The Bertz CT molecular complexity index is 1270. The van der Waals surface area contributed by atoms with E-state index in [0.29, 0.717) is 50.2 Å². The van der Waals surface area contributed by atoms with Gasteiger partial charge in [-0.15, -0.1) is 0 Å². The molecule has 3 aliphatic rings. The first kappa shape index (κ1) is 27.7. The van der Waals surface area contributed by atoms with Gasteiger partial charge in [0.1, 0.15) is 0 Å². The van der Waals surface area contributed by atoms with Crippen LogP contribution in [0.5, 0.6) is 0 Å². The predicted octanol–water partition coefficient (Wildman–Crippen LogP) is 4.06. The summed E-state index contributed by atoms with van der Waals surface area (Å²) in [6.45, 7) is 5.02. The third kappa shape index (κ3) is 4.74. The van der Waals surface area contributed by atoms with Crippen molar-refractivity contribution in [3.63, 3.8) is 0 Å². The normalized spacial score (nSPS) is 25.5. The van der Waals surface area contributed by atoms with Gasteiger partial charge in [-0.3, -0.25) is 14.4 Å². The van der Waals surface area contributed by atoms with Crippen molar-refractivity contribution in [3.05, 3.63) is 64.7 Å². The molecule has 8 heteroatoms. The lowest BCUT2D eigenvalue weighted by atomic mass is 9.69. The molecule has 3 amide bonds. The molecule has 208 valence electrons. The largest absolute Gasteiger partial charge is 0.369 e. The number of para-hydroxylation sites is 1. The van der Waals surface area contributed by atoms with Crippen LogP contribution < -0.4 is 16.0 Å². The molecule has 1 saturated carbocycles. The van der Waals surface area contributed by atoms with Crippen molar-refractivity contribution in [2.24, 2.45) is 17.1 Å². The Hall–Kier alpha value is -2.90. The molecule has 7 nitrogen and oxygen atoms in total. The van der Waals surface area contributed by atoms with Crippen LogP contribution in [0.15, 0.2) is 48.5 Å². The highest BCUT2D eigenvalue weighted by molar-refractivity contribution is 6.31. The lowest BCUT2D eigenvalue weighted by Crippen LogP contribution is -2.54. The zero-order valence-corrected chi connectivity index (χ0v) is 23.8. The van der Waals surface area contributed by atoms with Crippen LogP contribution in [0.1, 0.15) is 57.1 Å². The van der Waals surface area contributed by atoms with E-state index in [1.54, 1.807) is 0 Å². The third-order valence-corrected chi connectivity index (χ3v) is 9.90. The molecule has 5 rings (SSSR count). The average Bonchev–Trinajstić information content (AvgIpc) is 3.46. The maximum Gasteiger partial charge on any atom is 0.237 e. The molecule has 2 aliphatic heterocycles. The molecule has 3 N–H and O–H groups in total. The van der Waals surface area contributed by atoms with Gasteiger partial charge in [-0.25, -0.2) is 0 Å². The first-order valence-corrected chi connectivity index (χ1v) is 14.4. The number of anilines is 1. The molecule has 0 bridgehead atoms. The van der Waals surface area contributed by atoms with Crippen molar-refractivity contribution in [1.29, 1.82) is 0 Å². The average molecular weight is 551 g/mol. The minimum Gasteiger partial charge on any atom is -0.369 e. The van der Waals surface area contributed by atoms with Gasteiger partial charge in [-0.2, -0.15) is 0 Å². The molecule has 2 aromatic rings. The van der Waals surface area contributed by atoms with E-state index in [1.165, 1.54) is 0 Å². The maximum atomic E-state index is 14.3. The monoisotopic (exact) mass is 550 g/mol. The van der Waals surface area contributed by atoms with Crippen molar-refractivity contribution in [1.82, 2.24) is 10.2 Å². The number of carbonyl (C=O) groups excluding carboxylic acids is 3. The topological polar surface area (TPSA) is 95.7 Å². The van der Waals surface area contributed by atoms with E-state index >= 15 is 0 Å². The van der Waals surface area contributed by atoms with Gasteiger partial charge < -0.3 is 20.9 Å². The quantitative estimate of drug-likeness (QED) is 0.543. The molecular formula is C31H39ClN4O3. The number of nitrogens with zero attached hydrogens (tertiary/aromatic N) is 2. The number of piperidine rings is 1. The third-order valence-electron chi connectivity index (χ3n) is 9.53. The molecule has 39 heavy (non-hydrogen) atoms. The zero-order valence-electron chi connectivity index (χ0n) is 23.1. The number of hydrogen-bond acceptors (Lipinski definition) is 4. The van der Waals surface area contributed by atoms with E-state index < -0.39 is 22.7 Å². The molecule has 2 fully saturated rings. The number of hydrogen-bond donors (Lipinski definition) is 2. The highest BCUT2D eigenvalue weighted by Gasteiger charge is 2.53. The molecule has 0 radical (unpaired) electrons. The van der Waals surface area contributed by atoms with Crippen LogP contribution in [0, 0.1) is 11.3 Å². The first-order valence-electron chi connectivity index (χ1n) is 14.0. The van der Waals surface area contributed by atoms with E-state index in [1.807, 2.05) is 79.2 Å². The van der Waals surface area contributed by atoms with E-state index in [-0.39, 0.29) is 23.9 Å². The van der Waals surface area contributed by atoms with Gasteiger partial charge in [0.2, 0.25) is 17.7 Å². The molecule has 1 saturated heterocycles. The number of fused-ring (bicyclic) bond motifs is 1. The Morgan fingerprint density at radius 1 is 1.08 bits per heavy atom. The highest BCUT2D eigenvalue weighted by Crippen LogP contribution is 2.48. The fraction of sp³-hybridized carbons (Fsp3) is 0.516. The summed E-state index contributed by atoms with van der Waals surface area (Å²) >= 11 is 6.53. The fourth-order valence-electron chi connectivity index (χ4n) is 7.10. The molecule has 1 aliphatic carbocycles. The van der Waals surface area contributed by atoms with Gasteiger partial charge in [0.25, 0.3) is 0 Å². The second-order valence-electron chi connectivity index (χ2n) is 12.0. The van der Waals surface area contributed by atoms with Crippen molar-refractivity contribution >= 4 is 35.0 Å². The van der Waals surface area contributed by atoms with E-state index in [2.05, 4.69) is 5.32 Å². The highest BCUT2D eigenvalue weighted by atomic mass is 35.5. The van der Waals surface area contributed by atoms with Crippen molar-refractivity contribution in [3.8, 4) is 0 Å². The Labute approximate surface area is 236 Å². The molecule has 2 heterocycles. The number of amides is 3. The number of halogens is 1. The number of primary amides is 1. The maximum absolute atomic E-state index is 14.3. The van der Waals surface area contributed by atoms with E-state index in [9.17, 15) is 14.4 Å². The van der Waals surface area contributed by atoms with Gasteiger partial charge in [0.15, 0.2) is 0 Å². The second kappa shape index (κ2) is 10.6. The predicted molar refractivity (Wildman–Crippen MR) is 154 cm³/mol. The second-order valence-corrected chi connectivity index (χ2v) is 12.4. The molecular weight excluding hydrogens is 512 g/mol. The summed E-state index contributed by atoms with van der Waals surface area (Å²) in [4.78, 5) is 44.7. The van der Waals surface area contributed by atoms with Gasteiger partial charge in [-0.1, -0.05) is 48.0 Å². The molecule has 3 atom stereocenters. The van der Waals surface area contributed by atoms with Crippen LogP contribution >= 0.6 is 11.6 Å². The van der Waals surface area contributed by atoms with Gasteiger partial charge in [0, 0.05) is 35.9 Å². The number of carbonyl (C=O) groups is 3. The van der Waals surface area contributed by atoms with Gasteiger partial charge in [0.05, 0.1) is 16.7 Å². The summed E-state index contributed by atoms with van der Waals surface area (Å²) in [6, 6.07) is 15.7. The van der Waals surface area contributed by atoms with Gasteiger partial charge >= 0.3 is 0 Å². The Morgan fingerprint density at radius 3 is 2.38 bits per heavy atom. The Morgan fingerprint density at radius 2 is 1.74 bits per heavy atom.